The van der Waals surface area contributed by atoms with Gasteiger partial charge < -0.3 is 10.1 Å². The van der Waals surface area contributed by atoms with Crippen molar-refractivity contribution in [3.05, 3.63) is 28.2 Å². The molecule has 0 bridgehead atoms. The fourth-order valence-corrected chi connectivity index (χ4v) is 1.93. The number of benzene rings is 1. The Morgan fingerprint density at radius 3 is 2.72 bits per heavy atom. The molecule has 1 aromatic rings. The summed E-state index contributed by atoms with van der Waals surface area (Å²) in [5.41, 5.74) is 1.23. The minimum Gasteiger partial charge on any atom is -0.483 e. The molecule has 0 heterocycles. The number of amides is 1. The Hall–Kier alpha value is -1.03. The number of rotatable bonds is 6. The highest BCUT2D eigenvalue weighted by Crippen LogP contribution is 2.26. The largest absolute Gasteiger partial charge is 0.483 e. The summed E-state index contributed by atoms with van der Waals surface area (Å²) in [4.78, 5) is 11.5. The molecule has 1 aromatic carbocycles. The van der Waals surface area contributed by atoms with Gasteiger partial charge in [-0.2, -0.15) is 0 Å². The van der Waals surface area contributed by atoms with E-state index in [0.29, 0.717) is 18.2 Å². The third-order valence-corrected chi connectivity index (χ3v) is 3.09. The van der Waals surface area contributed by atoms with E-state index in [2.05, 4.69) is 42.0 Å². The molecule has 0 aliphatic heterocycles. The van der Waals surface area contributed by atoms with Crippen molar-refractivity contribution in [2.24, 2.45) is 5.92 Å². The molecule has 0 aromatic heterocycles. The van der Waals surface area contributed by atoms with Gasteiger partial charge in [0.2, 0.25) is 0 Å². The van der Waals surface area contributed by atoms with Crippen molar-refractivity contribution in [2.45, 2.75) is 27.2 Å². The number of nitrogens with one attached hydrogen (secondary N) is 1. The maximum atomic E-state index is 11.5. The van der Waals surface area contributed by atoms with Crippen LogP contribution >= 0.6 is 15.9 Å². The molecule has 0 aliphatic rings. The SMILES string of the molecule is CCc1ccc(OCC(=O)NCC(C)C)c(Br)c1. The maximum absolute atomic E-state index is 11.5. The lowest BCUT2D eigenvalue weighted by Gasteiger charge is -2.10. The van der Waals surface area contributed by atoms with E-state index in [4.69, 9.17) is 4.74 Å². The molecule has 18 heavy (non-hydrogen) atoms. The lowest BCUT2D eigenvalue weighted by molar-refractivity contribution is -0.123. The zero-order valence-electron chi connectivity index (χ0n) is 11.1. The summed E-state index contributed by atoms with van der Waals surface area (Å²) in [6, 6.07) is 5.91. The average molecular weight is 314 g/mol. The van der Waals surface area contributed by atoms with Gasteiger partial charge in [0.1, 0.15) is 5.75 Å². The fourth-order valence-electron chi connectivity index (χ4n) is 1.39. The van der Waals surface area contributed by atoms with Gasteiger partial charge in [-0.05, 0) is 46.0 Å². The second-order valence-electron chi connectivity index (χ2n) is 4.60. The van der Waals surface area contributed by atoms with Crippen LogP contribution in [0.3, 0.4) is 0 Å². The lowest BCUT2D eigenvalue weighted by atomic mass is 10.2. The number of carbonyl (C=O) groups is 1. The first-order chi connectivity index (χ1) is 8.52. The quantitative estimate of drug-likeness (QED) is 0.876. The molecule has 0 radical (unpaired) electrons. The van der Waals surface area contributed by atoms with Crippen LogP contribution in [0.5, 0.6) is 5.75 Å². The van der Waals surface area contributed by atoms with Crippen LogP contribution in [-0.2, 0) is 11.2 Å². The molecular weight excluding hydrogens is 294 g/mol. The van der Waals surface area contributed by atoms with E-state index in [1.54, 1.807) is 0 Å². The van der Waals surface area contributed by atoms with Gasteiger partial charge in [0.25, 0.3) is 5.91 Å². The van der Waals surface area contributed by atoms with E-state index in [0.717, 1.165) is 10.9 Å². The third kappa shape index (κ3) is 5.08. The van der Waals surface area contributed by atoms with Crippen molar-refractivity contribution >= 4 is 21.8 Å². The predicted molar refractivity (Wildman–Crippen MR) is 76.9 cm³/mol. The minimum atomic E-state index is -0.0878. The van der Waals surface area contributed by atoms with E-state index < -0.39 is 0 Å². The Bertz CT molecular complexity index is 405. The average Bonchev–Trinajstić information content (AvgIpc) is 2.34. The van der Waals surface area contributed by atoms with Crippen LogP contribution < -0.4 is 10.1 Å². The van der Waals surface area contributed by atoms with Gasteiger partial charge in [-0.15, -0.1) is 0 Å². The molecule has 3 nitrogen and oxygen atoms in total. The molecule has 0 aliphatic carbocycles. The molecule has 0 spiro atoms. The van der Waals surface area contributed by atoms with Crippen LogP contribution in [0.1, 0.15) is 26.3 Å². The number of aryl methyl sites for hydroxylation is 1. The van der Waals surface area contributed by atoms with E-state index in [1.165, 1.54) is 5.56 Å². The summed E-state index contributed by atoms with van der Waals surface area (Å²) in [5, 5.41) is 2.82. The van der Waals surface area contributed by atoms with Crippen LogP contribution in [0.2, 0.25) is 0 Å². The van der Waals surface area contributed by atoms with Crippen LogP contribution in [0, 0.1) is 5.92 Å². The highest BCUT2D eigenvalue weighted by molar-refractivity contribution is 9.10. The molecule has 4 heteroatoms. The van der Waals surface area contributed by atoms with Gasteiger partial charge in [0.15, 0.2) is 6.61 Å². The fraction of sp³-hybridized carbons (Fsp3) is 0.500. The summed E-state index contributed by atoms with van der Waals surface area (Å²) >= 11 is 3.44. The normalized spacial score (nSPS) is 10.5. The van der Waals surface area contributed by atoms with Gasteiger partial charge in [-0.25, -0.2) is 0 Å². The molecule has 1 rings (SSSR count). The summed E-state index contributed by atoms with van der Waals surface area (Å²) in [6.45, 7) is 6.94. The second kappa shape index (κ2) is 7.41. The number of hydrogen-bond donors (Lipinski definition) is 1. The summed E-state index contributed by atoms with van der Waals surface area (Å²) in [7, 11) is 0. The Morgan fingerprint density at radius 1 is 1.44 bits per heavy atom. The van der Waals surface area contributed by atoms with Gasteiger partial charge in [-0.1, -0.05) is 26.8 Å². The highest BCUT2D eigenvalue weighted by atomic mass is 79.9. The van der Waals surface area contributed by atoms with E-state index in [9.17, 15) is 4.79 Å². The number of hydrogen-bond acceptors (Lipinski definition) is 2. The molecule has 0 atom stereocenters. The number of ether oxygens (including phenoxy) is 1. The van der Waals surface area contributed by atoms with Crippen molar-refractivity contribution in [1.29, 1.82) is 0 Å². The smallest absolute Gasteiger partial charge is 0.257 e. The molecule has 0 fully saturated rings. The van der Waals surface area contributed by atoms with Crippen molar-refractivity contribution in [3.8, 4) is 5.75 Å². The van der Waals surface area contributed by atoms with E-state index >= 15 is 0 Å². The first-order valence-corrected chi connectivity index (χ1v) is 7.00. The monoisotopic (exact) mass is 313 g/mol. The number of carbonyl (C=O) groups excluding carboxylic acids is 1. The Morgan fingerprint density at radius 2 is 2.17 bits per heavy atom. The van der Waals surface area contributed by atoms with Crippen molar-refractivity contribution in [2.75, 3.05) is 13.2 Å². The first-order valence-electron chi connectivity index (χ1n) is 6.20. The summed E-state index contributed by atoms with van der Waals surface area (Å²) in [6.07, 6.45) is 0.980. The van der Waals surface area contributed by atoms with Crippen LogP contribution in [0.4, 0.5) is 0 Å². The van der Waals surface area contributed by atoms with Crippen molar-refractivity contribution < 1.29 is 9.53 Å². The molecule has 1 N–H and O–H groups in total. The van der Waals surface area contributed by atoms with Crippen LogP contribution in [0.15, 0.2) is 22.7 Å². The Kier molecular flexibility index (Phi) is 6.19. The molecule has 0 saturated heterocycles. The molecular formula is C14H20BrNO2. The van der Waals surface area contributed by atoms with Gasteiger partial charge in [0, 0.05) is 6.54 Å². The molecule has 0 saturated carbocycles. The van der Waals surface area contributed by atoms with E-state index in [1.807, 2.05) is 18.2 Å². The molecule has 0 unspecified atom stereocenters. The third-order valence-electron chi connectivity index (χ3n) is 2.47. The van der Waals surface area contributed by atoms with E-state index in [-0.39, 0.29) is 12.5 Å². The predicted octanol–water partition coefficient (Wildman–Crippen LogP) is 3.16. The van der Waals surface area contributed by atoms with Crippen molar-refractivity contribution in [1.82, 2.24) is 5.32 Å². The zero-order valence-corrected chi connectivity index (χ0v) is 12.7. The molecule has 100 valence electrons. The summed E-state index contributed by atoms with van der Waals surface area (Å²) in [5.74, 6) is 1.06. The topological polar surface area (TPSA) is 38.3 Å². The van der Waals surface area contributed by atoms with Gasteiger partial charge in [0.05, 0.1) is 4.47 Å². The van der Waals surface area contributed by atoms with Gasteiger partial charge in [-0.3, -0.25) is 4.79 Å². The second-order valence-corrected chi connectivity index (χ2v) is 5.46. The summed E-state index contributed by atoms with van der Waals surface area (Å²) < 4.78 is 6.36. The van der Waals surface area contributed by atoms with Crippen molar-refractivity contribution in [3.63, 3.8) is 0 Å². The Labute approximate surface area is 117 Å². The standard InChI is InChI=1S/C14H20BrNO2/c1-4-11-5-6-13(12(15)7-11)18-9-14(17)16-8-10(2)3/h5-7,10H,4,8-9H2,1-3H3,(H,16,17). The maximum Gasteiger partial charge on any atom is 0.257 e. The Balaban J connectivity index is 2.46. The van der Waals surface area contributed by atoms with Crippen LogP contribution in [-0.4, -0.2) is 19.1 Å². The first kappa shape index (κ1) is 15.0. The molecule has 1 amide bonds. The van der Waals surface area contributed by atoms with Crippen LogP contribution in [0.25, 0.3) is 0 Å². The highest BCUT2D eigenvalue weighted by Gasteiger charge is 2.06. The lowest BCUT2D eigenvalue weighted by Crippen LogP contribution is -2.31. The minimum absolute atomic E-state index is 0.0524. The van der Waals surface area contributed by atoms with Gasteiger partial charge >= 0.3 is 0 Å². The number of halogens is 1. The zero-order chi connectivity index (χ0) is 13.5.